The molecule has 0 radical (unpaired) electrons. The third kappa shape index (κ3) is 6.85. The fraction of sp³-hybridized carbons (Fsp3) is 0.391. The highest BCUT2D eigenvalue weighted by atomic mass is 35.5. The summed E-state index contributed by atoms with van der Waals surface area (Å²) in [5.41, 5.74) is 1.49. The fourth-order valence-electron chi connectivity index (χ4n) is 3.48. The molecule has 0 aromatic heterocycles. The first-order valence-electron chi connectivity index (χ1n) is 10.5. The Balaban J connectivity index is 2.49. The molecule has 7 nitrogen and oxygen atoms in total. The number of rotatable bonds is 10. The second-order valence-electron chi connectivity index (χ2n) is 7.59. The van der Waals surface area contributed by atoms with Gasteiger partial charge in [-0.05, 0) is 49.6 Å². The van der Waals surface area contributed by atoms with Gasteiger partial charge in [0.15, 0.2) is 0 Å². The number of nitrogens with zero attached hydrogens (tertiary/aromatic N) is 2. The summed E-state index contributed by atoms with van der Waals surface area (Å²) in [6.07, 6.45) is 1.37. The zero-order valence-corrected chi connectivity index (χ0v) is 21.5. The number of carbonyl (C=O) groups excluding carboxylic acids is 2. The van der Waals surface area contributed by atoms with E-state index in [1.807, 2.05) is 0 Å². The standard InChI is InChI=1S/C23H29Cl2N3O4S/c1-5-20(23(30)26-6-2)27(14-17-10-7-8-11-19(17)25)22(29)15-28(33(4,31)32)21-13-9-12-18(24)16(21)3/h7-13,20H,5-6,14-15H2,1-4H3,(H,26,30)/t20-/m1/s1. The Morgan fingerprint density at radius 2 is 1.67 bits per heavy atom. The number of hydrogen-bond donors (Lipinski definition) is 1. The van der Waals surface area contributed by atoms with E-state index in [2.05, 4.69) is 5.32 Å². The Kier molecular flexibility index (Phi) is 9.57. The van der Waals surface area contributed by atoms with Crippen LogP contribution in [-0.2, 0) is 26.2 Å². The van der Waals surface area contributed by atoms with Crippen molar-refractivity contribution in [3.05, 3.63) is 63.6 Å². The van der Waals surface area contributed by atoms with Gasteiger partial charge < -0.3 is 10.2 Å². The topological polar surface area (TPSA) is 86.8 Å². The highest BCUT2D eigenvalue weighted by Crippen LogP contribution is 2.29. The van der Waals surface area contributed by atoms with Crippen molar-refractivity contribution in [2.45, 2.75) is 39.8 Å². The molecule has 0 aliphatic carbocycles. The van der Waals surface area contributed by atoms with Crippen LogP contribution in [0.2, 0.25) is 10.0 Å². The van der Waals surface area contributed by atoms with Gasteiger partial charge in [0.1, 0.15) is 12.6 Å². The molecule has 0 saturated heterocycles. The molecule has 0 aliphatic rings. The minimum atomic E-state index is -3.83. The minimum Gasteiger partial charge on any atom is -0.355 e. The van der Waals surface area contributed by atoms with Crippen molar-refractivity contribution in [3.8, 4) is 0 Å². The van der Waals surface area contributed by atoms with Crippen molar-refractivity contribution in [2.24, 2.45) is 0 Å². The normalized spacial score (nSPS) is 12.2. The van der Waals surface area contributed by atoms with E-state index in [0.717, 1.165) is 10.6 Å². The Morgan fingerprint density at radius 1 is 1.03 bits per heavy atom. The number of anilines is 1. The van der Waals surface area contributed by atoms with E-state index in [4.69, 9.17) is 23.2 Å². The van der Waals surface area contributed by atoms with E-state index in [0.29, 0.717) is 39.8 Å². The van der Waals surface area contributed by atoms with Crippen LogP contribution >= 0.6 is 23.2 Å². The Labute approximate surface area is 205 Å². The van der Waals surface area contributed by atoms with Crippen LogP contribution in [0.1, 0.15) is 31.4 Å². The van der Waals surface area contributed by atoms with E-state index in [1.165, 1.54) is 4.90 Å². The summed E-state index contributed by atoms with van der Waals surface area (Å²) in [6, 6.07) is 11.1. The van der Waals surface area contributed by atoms with Gasteiger partial charge in [0.05, 0.1) is 11.9 Å². The summed E-state index contributed by atoms with van der Waals surface area (Å²) < 4.78 is 26.3. The van der Waals surface area contributed by atoms with E-state index in [1.54, 1.807) is 63.2 Å². The van der Waals surface area contributed by atoms with Gasteiger partial charge in [-0.25, -0.2) is 8.42 Å². The molecule has 0 heterocycles. The van der Waals surface area contributed by atoms with Crippen LogP contribution in [-0.4, -0.2) is 50.5 Å². The lowest BCUT2D eigenvalue weighted by molar-refractivity contribution is -0.140. The summed E-state index contributed by atoms with van der Waals surface area (Å²) in [5, 5.41) is 3.58. The van der Waals surface area contributed by atoms with Crippen LogP contribution in [0, 0.1) is 6.92 Å². The molecule has 0 spiro atoms. The van der Waals surface area contributed by atoms with Crippen molar-refractivity contribution in [3.63, 3.8) is 0 Å². The summed E-state index contributed by atoms with van der Waals surface area (Å²) in [4.78, 5) is 27.7. The van der Waals surface area contributed by atoms with Crippen molar-refractivity contribution >= 4 is 50.7 Å². The molecule has 1 N–H and O–H groups in total. The predicted octanol–water partition coefficient (Wildman–Crippen LogP) is 4.01. The van der Waals surface area contributed by atoms with Crippen molar-refractivity contribution in [1.82, 2.24) is 10.2 Å². The van der Waals surface area contributed by atoms with Crippen LogP contribution in [0.4, 0.5) is 5.69 Å². The molecule has 0 fully saturated rings. The second kappa shape index (κ2) is 11.7. The molecule has 33 heavy (non-hydrogen) atoms. The third-order valence-corrected chi connectivity index (χ3v) is 7.13. The Bertz CT molecular complexity index is 1110. The molecular weight excluding hydrogens is 485 g/mol. The Hall–Kier alpha value is -2.29. The van der Waals surface area contributed by atoms with Gasteiger partial charge in [0, 0.05) is 23.1 Å². The lowest BCUT2D eigenvalue weighted by atomic mass is 10.1. The number of likely N-dealkylation sites (N-methyl/N-ethyl adjacent to an activating group) is 1. The van der Waals surface area contributed by atoms with Crippen molar-refractivity contribution in [1.29, 1.82) is 0 Å². The second-order valence-corrected chi connectivity index (χ2v) is 10.3. The largest absolute Gasteiger partial charge is 0.355 e. The summed E-state index contributed by atoms with van der Waals surface area (Å²) in [5.74, 6) is -0.844. The fourth-order valence-corrected chi connectivity index (χ4v) is 4.75. The number of amides is 2. The smallest absolute Gasteiger partial charge is 0.244 e. The molecule has 180 valence electrons. The first kappa shape index (κ1) is 27.0. The number of benzene rings is 2. The number of nitrogens with one attached hydrogen (secondary N) is 1. The maximum absolute atomic E-state index is 13.6. The lowest BCUT2D eigenvalue weighted by Gasteiger charge is -2.33. The molecule has 2 rings (SSSR count). The number of sulfonamides is 1. The highest BCUT2D eigenvalue weighted by molar-refractivity contribution is 7.92. The molecule has 2 aromatic carbocycles. The minimum absolute atomic E-state index is 0.0558. The quantitative estimate of drug-likeness (QED) is 0.519. The zero-order chi connectivity index (χ0) is 24.8. The molecule has 0 aliphatic heterocycles. The lowest BCUT2D eigenvalue weighted by Crippen LogP contribution is -2.52. The van der Waals surface area contributed by atoms with Gasteiger partial charge in [-0.2, -0.15) is 0 Å². The van der Waals surface area contributed by atoms with E-state index >= 15 is 0 Å². The maximum atomic E-state index is 13.6. The van der Waals surface area contributed by atoms with Crippen molar-refractivity contribution < 1.29 is 18.0 Å². The molecule has 2 aromatic rings. The maximum Gasteiger partial charge on any atom is 0.244 e. The predicted molar refractivity (Wildman–Crippen MR) is 133 cm³/mol. The van der Waals surface area contributed by atoms with Gasteiger partial charge in [0.2, 0.25) is 21.8 Å². The molecule has 0 saturated carbocycles. The van der Waals surface area contributed by atoms with Crippen LogP contribution < -0.4 is 9.62 Å². The summed E-state index contributed by atoms with van der Waals surface area (Å²) in [7, 11) is -3.83. The van der Waals surface area contributed by atoms with Crippen LogP contribution in [0.5, 0.6) is 0 Å². The average molecular weight is 514 g/mol. The number of hydrogen-bond acceptors (Lipinski definition) is 4. The summed E-state index contributed by atoms with van der Waals surface area (Å²) in [6.45, 7) is 5.24. The first-order valence-corrected chi connectivity index (χ1v) is 13.1. The van der Waals surface area contributed by atoms with Crippen molar-refractivity contribution in [2.75, 3.05) is 23.7 Å². The van der Waals surface area contributed by atoms with Gasteiger partial charge in [0.25, 0.3) is 0 Å². The Morgan fingerprint density at radius 3 is 2.24 bits per heavy atom. The molecule has 0 unspecified atom stereocenters. The first-order chi connectivity index (χ1) is 15.5. The van der Waals surface area contributed by atoms with Gasteiger partial charge in [-0.3, -0.25) is 13.9 Å². The van der Waals surface area contributed by atoms with E-state index in [-0.39, 0.29) is 12.5 Å². The van der Waals surface area contributed by atoms with Crippen LogP contribution in [0.3, 0.4) is 0 Å². The van der Waals surface area contributed by atoms with Gasteiger partial charge >= 0.3 is 0 Å². The number of carbonyl (C=O) groups is 2. The third-order valence-electron chi connectivity index (χ3n) is 5.22. The zero-order valence-electron chi connectivity index (χ0n) is 19.1. The molecule has 2 amide bonds. The van der Waals surface area contributed by atoms with Gasteiger partial charge in [-0.1, -0.05) is 54.4 Å². The molecule has 10 heteroatoms. The van der Waals surface area contributed by atoms with Crippen LogP contribution in [0.15, 0.2) is 42.5 Å². The SMILES string of the molecule is CCNC(=O)[C@@H](CC)N(Cc1ccccc1Cl)C(=O)CN(c1cccc(Cl)c1C)S(C)(=O)=O. The van der Waals surface area contributed by atoms with Crippen LogP contribution in [0.25, 0.3) is 0 Å². The molecular formula is C23H29Cl2N3O4S. The monoisotopic (exact) mass is 513 g/mol. The molecule has 1 atom stereocenters. The number of halogens is 2. The van der Waals surface area contributed by atoms with E-state index in [9.17, 15) is 18.0 Å². The molecule has 0 bridgehead atoms. The average Bonchev–Trinajstić information content (AvgIpc) is 2.74. The summed E-state index contributed by atoms with van der Waals surface area (Å²) >= 11 is 12.5. The highest BCUT2D eigenvalue weighted by Gasteiger charge is 2.32. The van der Waals surface area contributed by atoms with Gasteiger partial charge in [-0.15, -0.1) is 0 Å². The van der Waals surface area contributed by atoms with E-state index < -0.39 is 28.5 Å².